The third-order valence-corrected chi connectivity index (χ3v) is 5.90. The number of aryl methyl sites for hydroxylation is 1. The van der Waals surface area contributed by atoms with Gasteiger partial charge in [-0.25, -0.2) is 0 Å². The van der Waals surface area contributed by atoms with Gasteiger partial charge in [-0.05, 0) is 62.5 Å². The Morgan fingerprint density at radius 1 is 1.43 bits per heavy atom. The number of nitrogens with zero attached hydrogens (tertiary/aromatic N) is 2. The Morgan fingerprint density at radius 3 is 2.95 bits per heavy atom. The Morgan fingerprint density at radius 2 is 2.29 bits per heavy atom. The van der Waals surface area contributed by atoms with Crippen molar-refractivity contribution in [3.63, 3.8) is 0 Å². The van der Waals surface area contributed by atoms with E-state index in [-0.39, 0.29) is 5.60 Å². The lowest BCUT2D eigenvalue weighted by molar-refractivity contribution is -0.147. The molecular weight excluding hydrogens is 282 g/mol. The van der Waals surface area contributed by atoms with Crippen LogP contribution in [0, 0.1) is 5.92 Å². The van der Waals surface area contributed by atoms with Crippen LogP contribution >= 0.6 is 11.5 Å². The average Bonchev–Trinajstić information content (AvgIpc) is 2.92. The van der Waals surface area contributed by atoms with Crippen molar-refractivity contribution in [3.8, 4) is 0 Å². The molecule has 21 heavy (non-hydrogen) atoms. The lowest BCUT2D eigenvalue weighted by Gasteiger charge is -2.48. The fourth-order valence-corrected chi connectivity index (χ4v) is 4.69. The minimum atomic E-state index is 0.208. The minimum Gasteiger partial charge on any atom is -0.375 e. The molecule has 1 aliphatic carbocycles. The molecule has 1 saturated heterocycles. The highest BCUT2D eigenvalue weighted by Gasteiger charge is 2.45. The summed E-state index contributed by atoms with van der Waals surface area (Å²) in [5, 5.41) is 8.09. The van der Waals surface area contributed by atoms with E-state index >= 15 is 0 Å². The van der Waals surface area contributed by atoms with Crippen LogP contribution in [-0.2, 0) is 11.2 Å². The summed E-state index contributed by atoms with van der Waals surface area (Å²) in [5.41, 5.74) is 1.42. The van der Waals surface area contributed by atoms with Crippen LogP contribution in [0.3, 0.4) is 0 Å². The van der Waals surface area contributed by atoms with E-state index in [0.29, 0.717) is 12.0 Å². The van der Waals surface area contributed by atoms with Crippen LogP contribution in [0.15, 0.2) is 0 Å². The summed E-state index contributed by atoms with van der Waals surface area (Å²) in [6.07, 6.45) is 8.38. The van der Waals surface area contributed by atoms with E-state index in [1.807, 2.05) is 0 Å². The van der Waals surface area contributed by atoms with Gasteiger partial charge in [-0.2, -0.15) is 0 Å². The maximum Gasteiger partial charge on any atom is 0.0803 e. The van der Waals surface area contributed by atoms with E-state index in [4.69, 9.17) is 4.74 Å². The maximum absolute atomic E-state index is 6.10. The Balaban J connectivity index is 1.78. The quantitative estimate of drug-likeness (QED) is 0.874. The molecule has 4 nitrogen and oxygen atoms in total. The van der Waals surface area contributed by atoms with Crippen LogP contribution in [0.25, 0.3) is 0 Å². The van der Waals surface area contributed by atoms with E-state index in [1.54, 1.807) is 11.5 Å². The van der Waals surface area contributed by atoms with Gasteiger partial charge in [-0.3, -0.25) is 0 Å². The Bertz CT molecular complexity index is 458. The van der Waals surface area contributed by atoms with Gasteiger partial charge in [0.1, 0.15) is 0 Å². The van der Waals surface area contributed by atoms with Crippen LogP contribution in [0.5, 0.6) is 0 Å². The fourth-order valence-electron chi connectivity index (χ4n) is 3.82. The van der Waals surface area contributed by atoms with Crippen molar-refractivity contribution in [2.75, 3.05) is 13.2 Å². The zero-order valence-corrected chi connectivity index (χ0v) is 14.0. The second kappa shape index (κ2) is 6.71. The molecule has 0 radical (unpaired) electrons. The summed E-state index contributed by atoms with van der Waals surface area (Å²) < 4.78 is 10.3. The van der Waals surface area contributed by atoms with E-state index in [1.165, 1.54) is 36.3 Å². The lowest BCUT2D eigenvalue weighted by Crippen LogP contribution is -2.48. The van der Waals surface area contributed by atoms with Crippen molar-refractivity contribution in [2.24, 2.45) is 5.92 Å². The van der Waals surface area contributed by atoms with Gasteiger partial charge in [-0.15, -0.1) is 5.10 Å². The van der Waals surface area contributed by atoms with Crippen LogP contribution in [-0.4, -0.2) is 28.3 Å². The highest BCUT2D eigenvalue weighted by molar-refractivity contribution is 7.05. The summed E-state index contributed by atoms with van der Waals surface area (Å²) in [6, 6.07) is 0.415. The van der Waals surface area contributed by atoms with E-state index in [2.05, 4.69) is 28.8 Å². The number of hydrogen-bond acceptors (Lipinski definition) is 5. The molecule has 2 heterocycles. The predicted molar refractivity (Wildman–Crippen MR) is 85.6 cm³/mol. The maximum atomic E-state index is 6.10. The predicted octanol–water partition coefficient (Wildman–Crippen LogP) is 3.49. The smallest absolute Gasteiger partial charge is 0.0803 e. The molecule has 2 aliphatic rings. The molecule has 1 aliphatic heterocycles. The Labute approximate surface area is 131 Å². The molecular formula is C16H27N3OS. The second-order valence-corrected chi connectivity index (χ2v) is 7.29. The fraction of sp³-hybridized carbons (Fsp3) is 0.875. The highest BCUT2D eigenvalue weighted by atomic mass is 32.1. The summed E-state index contributed by atoms with van der Waals surface area (Å²) in [6.45, 7) is 6.32. The molecule has 2 unspecified atom stereocenters. The van der Waals surface area contributed by atoms with Crippen LogP contribution in [0.1, 0.15) is 69.0 Å². The van der Waals surface area contributed by atoms with Gasteiger partial charge in [0.2, 0.25) is 0 Å². The standard InChI is InChI=1S/C16H27N3OS/c1-3-6-13-15(21-19-18-13)14(17-4-2)12-7-10-20-16(11-12)8-5-9-16/h12,14,17H,3-11H2,1-2H3. The van der Waals surface area contributed by atoms with E-state index in [9.17, 15) is 0 Å². The van der Waals surface area contributed by atoms with Crippen molar-refractivity contribution in [3.05, 3.63) is 10.6 Å². The molecule has 5 heteroatoms. The normalized spacial score (nSPS) is 25.7. The summed E-state index contributed by atoms with van der Waals surface area (Å²) >= 11 is 1.59. The molecule has 1 aromatic rings. The van der Waals surface area contributed by atoms with Gasteiger partial charge < -0.3 is 10.1 Å². The van der Waals surface area contributed by atoms with Gasteiger partial charge >= 0.3 is 0 Å². The largest absolute Gasteiger partial charge is 0.375 e. The molecule has 118 valence electrons. The molecule has 0 bridgehead atoms. The monoisotopic (exact) mass is 309 g/mol. The molecule has 2 atom stereocenters. The molecule has 1 aromatic heterocycles. The number of aromatic nitrogens is 2. The first-order valence-corrected chi connectivity index (χ1v) is 9.24. The summed E-state index contributed by atoms with van der Waals surface area (Å²) in [4.78, 5) is 1.38. The van der Waals surface area contributed by atoms with Crippen molar-refractivity contribution < 1.29 is 4.74 Å². The molecule has 0 amide bonds. The van der Waals surface area contributed by atoms with Gasteiger partial charge in [-0.1, -0.05) is 24.8 Å². The van der Waals surface area contributed by atoms with Gasteiger partial charge in [0.15, 0.2) is 0 Å². The molecule has 0 aromatic carbocycles. The zero-order chi connectivity index (χ0) is 14.7. The Hall–Kier alpha value is -0.520. The van der Waals surface area contributed by atoms with Crippen molar-refractivity contribution >= 4 is 11.5 Å². The van der Waals surface area contributed by atoms with Crippen molar-refractivity contribution in [1.29, 1.82) is 0 Å². The Kier molecular flexibility index (Phi) is 4.92. The van der Waals surface area contributed by atoms with Gasteiger partial charge in [0.25, 0.3) is 0 Å². The first-order valence-electron chi connectivity index (χ1n) is 8.46. The van der Waals surface area contributed by atoms with Crippen LogP contribution < -0.4 is 5.32 Å². The zero-order valence-electron chi connectivity index (χ0n) is 13.2. The topological polar surface area (TPSA) is 47.0 Å². The van der Waals surface area contributed by atoms with E-state index in [0.717, 1.165) is 32.4 Å². The lowest BCUT2D eigenvalue weighted by atomic mass is 9.70. The average molecular weight is 309 g/mol. The first kappa shape index (κ1) is 15.4. The van der Waals surface area contributed by atoms with E-state index < -0.39 is 0 Å². The molecule has 3 rings (SSSR count). The third-order valence-electron chi connectivity index (χ3n) is 5.05. The SMILES string of the molecule is CCCc1nnsc1C(NCC)C1CCOC2(CCC2)C1. The first-order chi connectivity index (χ1) is 10.3. The summed E-state index contributed by atoms with van der Waals surface area (Å²) in [7, 11) is 0. The number of rotatable bonds is 6. The molecule has 1 N–H and O–H groups in total. The van der Waals surface area contributed by atoms with Crippen LogP contribution in [0.2, 0.25) is 0 Å². The highest BCUT2D eigenvalue weighted by Crippen LogP contribution is 2.47. The second-order valence-electron chi connectivity index (χ2n) is 6.51. The molecule has 1 saturated carbocycles. The number of ether oxygens (including phenoxy) is 1. The number of nitrogens with one attached hydrogen (secondary N) is 1. The van der Waals surface area contributed by atoms with Gasteiger partial charge in [0.05, 0.1) is 16.2 Å². The third kappa shape index (κ3) is 3.15. The van der Waals surface area contributed by atoms with Crippen molar-refractivity contribution in [1.82, 2.24) is 14.9 Å². The minimum absolute atomic E-state index is 0.208. The van der Waals surface area contributed by atoms with Gasteiger partial charge in [0, 0.05) is 12.6 Å². The van der Waals surface area contributed by atoms with Crippen LogP contribution in [0.4, 0.5) is 0 Å². The number of hydrogen-bond donors (Lipinski definition) is 1. The molecule has 2 fully saturated rings. The molecule has 1 spiro atoms. The van der Waals surface area contributed by atoms with Crippen molar-refractivity contribution in [2.45, 2.75) is 70.4 Å². The summed E-state index contributed by atoms with van der Waals surface area (Å²) in [5.74, 6) is 0.664.